The number of ether oxygens (including phenoxy) is 2. The molecule has 9 nitrogen and oxygen atoms in total. The first kappa shape index (κ1) is 34.4. The predicted octanol–water partition coefficient (Wildman–Crippen LogP) is 5.89. The molecule has 0 aromatic heterocycles. The van der Waals surface area contributed by atoms with Gasteiger partial charge in [-0.25, -0.2) is 13.1 Å². The summed E-state index contributed by atoms with van der Waals surface area (Å²) < 4.78 is 42.3. The minimum absolute atomic E-state index is 0.0795. The molecule has 1 N–H and O–H groups in total. The summed E-state index contributed by atoms with van der Waals surface area (Å²) >= 11 is 6.46. The number of aryl methyl sites for hydroxylation is 1. The summed E-state index contributed by atoms with van der Waals surface area (Å²) in [6.07, 6.45) is 10.6. The van der Waals surface area contributed by atoms with E-state index in [1.807, 2.05) is 30.0 Å². The largest absolute Gasteiger partial charge is 0.490 e. The highest BCUT2D eigenvalue weighted by molar-refractivity contribution is 7.90. The maximum absolute atomic E-state index is 13.6. The zero-order valence-electron chi connectivity index (χ0n) is 28.8. The molecular formula is C38H48ClN3O6S. The number of methoxy groups -OCH3 is 1. The number of carbonyl (C=O) groups is 2. The molecule has 0 unspecified atom stereocenters. The van der Waals surface area contributed by atoms with Gasteiger partial charge < -0.3 is 19.3 Å². The normalized spacial score (nSPS) is 33.1. The number of nitrogens with one attached hydrogen (secondary N) is 1. The summed E-state index contributed by atoms with van der Waals surface area (Å²) in [4.78, 5) is 31.4. The van der Waals surface area contributed by atoms with Crippen LogP contribution in [0.4, 0.5) is 5.69 Å². The predicted molar refractivity (Wildman–Crippen MR) is 191 cm³/mol. The van der Waals surface area contributed by atoms with Crippen LogP contribution >= 0.6 is 11.6 Å². The molecule has 3 aliphatic heterocycles. The molecule has 11 heteroatoms. The Balaban J connectivity index is 1.32. The summed E-state index contributed by atoms with van der Waals surface area (Å²) in [5.41, 5.74) is 2.41. The summed E-state index contributed by atoms with van der Waals surface area (Å²) in [5, 5.41) is -0.104. The Morgan fingerprint density at radius 2 is 1.94 bits per heavy atom. The minimum Gasteiger partial charge on any atom is -0.490 e. The SMILES string of the molecule is CO[C@@]1(CC(=O)N2CCC2)/C=C/C[C@H](C)[C@@H](C)S(=O)(=O)NC(=O)c2ccc3c(c2)N(C[C@@H]2CC[C@H]21)C[C@@]1(CCCc2cc(Cl)ccc21)CO3. The molecule has 0 radical (unpaired) electrons. The first-order valence-electron chi connectivity index (χ1n) is 17.8. The van der Waals surface area contributed by atoms with E-state index in [-0.39, 0.29) is 41.1 Å². The molecule has 1 saturated carbocycles. The second-order valence-corrected chi connectivity index (χ2v) is 17.6. The van der Waals surface area contributed by atoms with Gasteiger partial charge in [0.25, 0.3) is 5.91 Å². The van der Waals surface area contributed by atoms with Crippen molar-refractivity contribution in [3.8, 4) is 5.75 Å². The van der Waals surface area contributed by atoms with Gasteiger partial charge in [0.05, 0.1) is 29.6 Å². The van der Waals surface area contributed by atoms with Crippen molar-refractivity contribution in [1.29, 1.82) is 0 Å². The molecule has 7 rings (SSSR count). The molecule has 2 aliphatic carbocycles. The fraction of sp³-hybridized carbons (Fsp3) is 0.579. The van der Waals surface area contributed by atoms with Crippen LogP contribution in [0.2, 0.25) is 5.02 Å². The monoisotopic (exact) mass is 709 g/mol. The van der Waals surface area contributed by atoms with E-state index in [9.17, 15) is 18.0 Å². The van der Waals surface area contributed by atoms with E-state index < -0.39 is 26.8 Å². The van der Waals surface area contributed by atoms with Crippen molar-refractivity contribution < 1.29 is 27.5 Å². The number of allylic oxidation sites excluding steroid dienone is 1. The molecule has 2 bridgehead atoms. The highest BCUT2D eigenvalue weighted by Crippen LogP contribution is 2.50. The molecular weight excluding hydrogens is 662 g/mol. The third kappa shape index (κ3) is 6.38. The second-order valence-electron chi connectivity index (χ2n) is 15.1. The van der Waals surface area contributed by atoms with Gasteiger partial charge in [0.2, 0.25) is 15.9 Å². The van der Waals surface area contributed by atoms with E-state index in [4.69, 9.17) is 21.1 Å². The van der Waals surface area contributed by atoms with Crippen LogP contribution in [0.15, 0.2) is 48.6 Å². The van der Waals surface area contributed by atoms with Gasteiger partial charge in [0.1, 0.15) is 5.75 Å². The Hall–Kier alpha value is -3.08. The van der Waals surface area contributed by atoms with Crippen molar-refractivity contribution in [3.05, 3.63) is 70.3 Å². The van der Waals surface area contributed by atoms with Gasteiger partial charge in [0.15, 0.2) is 0 Å². The number of halogens is 1. The molecule has 6 atom stereocenters. The lowest BCUT2D eigenvalue weighted by molar-refractivity contribution is -0.146. The van der Waals surface area contributed by atoms with Crippen molar-refractivity contribution in [2.45, 2.75) is 81.5 Å². The standard InChI is InChI=1S/C38H48ClN3O6S/c1-25-7-4-16-38(47-3,21-35(43)41-17-6-18-41)32-12-9-29(32)22-42-23-37(15-5-8-27-19-30(39)11-13-31(27)37)24-48-34-14-10-28(20-33(34)42)36(44)40-49(45,46)26(25)2/h4,10-11,13-14,16,19-20,25-26,29,32H,5-9,12,15,17-18,21-24H2,1-3H3,(H,40,44)/b16-4+/t25-,26+,29-,32+,37-,38+/m0/s1. The van der Waals surface area contributed by atoms with Gasteiger partial charge in [-0.1, -0.05) is 36.7 Å². The zero-order valence-corrected chi connectivity index (χ0v) is 30.3. The summed E-state index contributed by atoms with van der Waals surface area (Å²) in [6, 6.07) is 11.4. The molecule has 2 fully saturated rings. The maximum atomic E-state index is 13.6. The van der Waals surface area contributed by atoms with Crippen molar-refractivity contribution in [2.75, 3.05) is 44.8 Å². The van der Waals surface area contributed by atoms with Gasteiger partial charge in [-0.15, -0.1) is 0 Å². The Kier molecular flexibility index (Phi) is 9.28. The molecule has 3 heterocycles. The molecule has 264 valence electrons. The molecule has 2 aromatic carbocycles. The van der Waals surface area contributed by atoms with E-state index in [0.717, 1.165) is 62.3 Å². The van der Waals surface area contributed by atoms with E-state index in [1.165, 1.54) is 11.1 Å². The zero-order chi connectivity index (χ0) is 34.6. The third-order valence-corrected chi connectivity index (χ3v) is 14.4. The van der Waals surface area contributed by atoms with Crippen molar-refractivity contribution in [2.24, 2.45) is 17.8 Å². The third-order valence-electron chi connectivity index (χ3n) is 12.2. The quantitative estimate of drug-likeness (QED) is 0.397. The number of carbonyl (C=O) groups excluding carboxylic acids is 2. The highest BCUT2D eigenvalue weighted by Gasteiger charge is 2.50. The van der Waals surface area contributed by atoms with Crippen LogP contribution in [0, 0.1) is 17.8 Å². The van der Waals surface area contributed by atoms with Crippen LogP contribution in [-0.4, -0.2) is 75.9 Å². The lowest BCUT2D eigenvalue weighted by Crippen LogP contribution is -2.55. The number of rotatable bonds is 3. The van der Waals surface area contributed by atoms with Crippen LogP contribution in [0.25, 0.3) is 0 Å². The number of likely N-dealkylation sites (tertiary alicyclic amines) is 1. The van der Waals surface area contributed by atoms with Gasteiger partial charge in [0, 0.05) is 49.3 Å². The van der Waals surface area contributed by atoms with Gasteiger partial charge in [-0.05, 0) is 111 Å². The maximum Gasteiger partial charge on any atom is 0.264 e. The molecule has 1 spiro atoms. The van der Waals surface area contributed by atoms with Gasteiger partial charge >= 0.3 is 0 Å². The lowest BCUT2D eigenvalue weighted by Gasteiger charge is -2.51. The topological polar surface area (TPSA) is 105 Å². The number of amides is 2. The number of anilines is 1. The number of benzene rings is 2. The highest BCUT2D eigenvalue weighted by atomic mass is 35.5. The van der Waals surface area contributed by atoms with Crippen LogP contribution in [-0.2, 0) is 31.4 Å². The van der Waals surface area contributed by atoms with Crippen LogP contribution in [0.5, 0.6) is 5.75 Å². The number of nitrogens with zero attached hydrogens (tertiary/aromatic N) is 2. The first-order chi connectivity index (χ1) is 23.4. The Labute approximate surface area is 295 Å². The fourth-order valence-corrected chi connectivity index (χ4v) is 10.2. The van der Waals surface area contributed by atoms with Crippen LogP contribution < -0.4 is 14.4 Å². The van der Waals surface area contributed by atoms with Crippen molar-refractivity contribution in [1.82, 2.24) is 9.62 Å². The summed E-state index contributed by atoms with van der Waals surface area (Å²) in [6.45, 7) is 6.88. The minimum atomic E-state index is -3.99. The van der Waals surface area contributed by atoms with E-state index in [1.54, 1.807) is 32.2 Å². The Morgan fingerprint density at radius 3 is 2.65 bits per heavy atom. The lowest BCUT2D eigenvalue weighted by atomic mass is 9.62. The molecule has 49 heavy (non-hydrogen) atoms. The Bertz CT molecular complexity index is 1760. The molecule has 2 amide bonds. The van der Waals surface area contributed by atoms with Crippen molar-refractivity contribution >= 4 is 39.1 Å². The van der Waals surface area contributed by atoms with Crippen molar-refractivity contribution in [3.63, 3.8) is 0 Å². The number of hydrogen-bond acceptors (Lipinski definition) is 7. The molecule has 1 saturated heterocycles. The van der Waals surface area contributed by atoms with E-state index >= 15 is 0 Å². The second kappa shape index (κ2) is 13.2. The smallest absolute Gasteiger partial charge is 0.264 e. The molecule has 2 aromatic rings. The first-order valence-corrected chi connectivity index (χ1v) is 19.7. The number of hydrogen-bond donors (Lipinski definition) is 1. The van der Waals surface area contributed by atoms with Gasteiger partial charge in [-0.2, -0.15) is 0 Å². The van der Waals surface area contributed by atoms with Gasteiger partial charge in [-0.3, -0.25) is 9.59 Å². The Morgan fingerprint density at radius 1 is 1.12 bits per heavy atom. The summed E-state index contributed by atoms with van der Waals surface area (Å²) in [7, 11) is -2.28. The molecule has 5 aliphatic rings. The number of fused-ring (bicyclic) bond motifs is 4. The fourth-order valence-electron chi connectivity index (χ4n) is 8.75. The van der Waals surface area contributed by atoms with E-state index in [0.29, 0.717) is 31.9 Å². The van der Waals surface area contributed by atoms with Crippen LogP contribution in [0.1, 0.15) is 80.3 Å². The number of sulfonamides is 1. The average molecular weight is 710 g/mol. The van der Waals surface area contributed by atoms with E-state index in [2.05, 4.69) is 21.8 Å². The van der Waals surface area contributed by atoms with Crippen LogP contribution in [0.3, 0.4) is 0 Å². The average Bonchev–Trinajstić information content (AvgIpc) is 3.17. The summed E-state index contributed by atoms with van der Waals surface area (Å²) in [5.74, 6) is 0.127.